The van der Waals surface area contributed by atoms with Crippen molar-refractivity contribution < 1.29 is 0 Å². The molecule has 1 rings (SSSR count). The van der Waals surface area contributed by atoms with E-state index < -0.39 is 0 Å². The van der Waals surface area contributed by atoms with Gasteiger partial charge in [-0.3, -0.25) is 0 Å². The van der Waals surface area contributed by atoms with Crippen molar-refractivity contribution in [1.82, 2.24) is 0 Å². The van der Waals surface area contributed by atoms with Gasteiger partial charge < -0.3 is 0 Å². The Labute approximate surface area is 105 Å². The van der Waals surface area contributed by atoms with Gasteiger partial charge in [-0.25, -0.2) is 0 Å². The quantitative estimate of drug-likeness (QED) is 0.569. The SMILES string of the molecule is CCCCCCCc1cscc1C(C)(C)C. The topological polar surface area (TPSA) is 0 Å². The van der Waals surface area contributed by atoms with Crippen LogP contribution in [0.2, 0.25) is 0 Å². The van der Waals surface area contributed by atoms with E-state index in [4.69, 9.17) is 0 Å². The first-order valence-corrected chi connectivity index (χ1v) is 7.55. The Hall–Kier alpha value is -0.300. The largest absolute Gasteiger partial charge is 0.152 e. The predicted molar refractivity (Wildman–Crippen MR) is 75.5 cm³/mol. The van der Waals surface area contributed by atoms with E-state index >= 15 is 0 Å². The molecule has 0 N–H and O–H groups in total. The van der Waals surface area contributed by atoms with E-state index in [1.807, 2.05) is 11.3 Å². The Balaban J connectivity index is 2.40. The maximum atomic E-state index is 2.35. The van der Waals surface area contributed by atoms with Gasteiger partial charge in [0.25, 0.3) is 0 Å². The summed E-state index contributed by atoms with van der Waals surface area (Å²) in [4.78, 5) is 0. The summed E-state index contributed by atoms with van der Waals surface area (Å²) in [6.45, 7) is 9.22. The van der Waals surface area contributed by atoms with Gasteiger partial charge in [0.05, 0.1) is 0 Å². The van der Waals surface area contributed by atoms with E-state index in [1.54, 1.807) is 11.1 Å². The van der Waals surface area contributed by atoms with Crippen molar-refractivity contribution in [2.24, 2.45) is 0 Å². The van der Waals surface area contributed by atoms with Crippen LogP contribution >= 0.6 is 11.3 Å². The molecule has 1 aromatic rings. The van der Waals surface area contributed by atoms with Crippen LogP contribution in [-0.4, -0.2) is 0 Å². The molecule has 0 aromatic carbocycles. The summed E-state index contributed by atoms with van der Waals surface area (Å²) in [7, 11) is 0. The van der Waals surface area contributed by atoms with Crippen molar-refractivity contribution in [3.05, 3.63) is 21.9 Å². The van der Waals surface area contributed by atoms with Crippen LogP contribution in [0.1, 0.15) is 70.9 Å². The van der Waals surface area contributed by atoms with Gasteiger partial charge in [0.15, 0.2) is 0 Å². The first kappa shape index (κ1) is 13.8. The Morgan fingerprint density at radius 2 is 1.69 bits per heavy atom. The fourth-order valence-electron chi connectivity index (χ4n) is 2.09. The smallest absolute Gasteiger partial charge is 0.00531 e. The molecule has 0 aliphatic carbocycles. The zero-order valence-electron chi connectivity index (χ0n) is 11.3. The molecule has 0 nitrogen and oxygen atoms in total. The second kappa shape index (κ2) is 6.44. The van der Waals surface area contributed by atoms with Crippen LogP contribution in [0.4, 0.5) is 0 Å². The molecule has 0 fully saturated rings. The zero-order valence-corrected chi connectivity index (χ0v) is 12.1. The molecule has 1 heterocycles. The molecule has 92 valence electrons. The van der Waals surface area contributed by atoms with E-state index in [2.05, 4.69) is 38.5 Å². The minimum absolute atomic E-state index is 0.318. The standard InChI is InChI=1S/C15H26S/c1-5-6-7-8-9-10-13-11-16-12-14(13)15(2,3)4/h11-12H,5-10H2,1-4H3. The lowest BCUT2D eigenvalue weighted by molar-refractivity contribution is 0.577. The van der Waals surface area contributed by atoms with Gasteiger partial charge in [-0.05, 0) is 40.1 Å². The van der Waals surface area contributed by atoms with Crippen LogP contribution < -0.4 is 0 Å². The summed E-state index contributed by atoms with van der Waals surface area (Å²) >= 11 is 1.86. The highest BCUT2D eigenvalue weighted by atomic mass is 32.1. The second-order valence-electron chi connectivity index (χ2n) is 5.72. The minimum atomic E-state index is 0.318. The molecule has 0 radical (unpaired) electrons. The van der Waals surface area contributed by atoms with Crippen LogP contribution in [0.15, 0.2) is 10.8 Å². The van der Waals surface area contributed by atoms with Gasteiger partial charge in [0.1, 0.15) is 0 Å². The highest BCUT2D eigenvalue weighted by molar-refractivity contribution is 7.08. The molecular weight excluding hydrogens is 212 g/mol. The third-order valence-corrected chi connectivity index (χ3v) is 3.89. The van der Waals surface area contributed by atoms with Gasteiger partial charge in [-0.15, -0.1) is 0 Å². The van der Waals surface area contributed by atoms with Gasteiger partial charge in [-0.1, -0.05) is 53.4 Å². The van der Waals surface area contributed by atoms with Crippen molar-refractivity contribution in [3.8, 4) is 0 Å². The van der Waals surface area contributed by atoms with E-state index in [1.165, 1.54) is 38.5 Å². The lowest BCUT2D eigenvalue weighted by atomic mass is 9.85. The number of hydrogen-bond acceptors (Lipinski definition) is 1. The molecule has 0 atom stereocenters. The molecular formula is C15H26S. The van der Waals surface area contributed by atoms with Crippen LogP contribution in [0.3, 0.4) is 0 Å². The minimum Gasteiger partial charge on any atom is -0.152 e. The molecule has 0 bridgehead atoms. The summed E-state index contributed by atoms with van der Waals surface area (Å²) in [5.74, 6) is 0. The average molecular weight is 238 g/mol. The normalized spacial score (nSPS) is 12.0. The number of unbranched alkanes of at least 4 members (excludes halogenated alkanes) is 4. The van der Waals surface area contributed by atoms with E-state index in [-0.39, 0.29) is 0 Å². The molecule has 1 aromatic heterocycles. The molecule has 1 heteroatoms. The molecule has 0 spiro atoms. The molecule has 0 amide bonds. The maximum Gasteiger partial charge on any atom is -0.00531 e. The van der Waals surface area contributed by atoms with Crippen molar-refractivity contribution in [2.45, 2.75) is 71.6 Å². The number of rotatable bonds is 6. The molecule has 0 saturated carbocycles. The lowest BCUT2D eigenvalue weighted by Gasteiger charge is -2.19. The van der Waals surface area contributed by atoms with Crippen LogP contribution in [0.5, 0.6) is 0 Å². The molecule has 0 saturated heterocycles. The number of thiophene rings is 1. The Morgan fingerprint density at radius 1 is 1.00 bits per heavy atom. The summed E-state index contributed by atoms with van der Waals surface area (Å²) < 4.78 is 0. The van der Waals surface area contributed by atoms with Crippen molar-refractivity contribution in [2.75, 3.05) is 0 Å². The highest BCUT2D eigenvalue weighted by Crippen LogP contribution is 2.30. The number of aryl methyl sites for hydroxylation is 1. The van der Waals surface area contributed by atoms with Crippen molar-refractivity contribution in [1.29, 1.82) is 0 Å². The maximum absolute atomic E-state index is 2.35. The van der Waals surface area contributed by atoms with Gasteiger partial charge in [0, 0.05) is 0 Å². The van der Waals surface area contributed by atoms with Crippen LogP contribution in [0, 0.1) is 0 Å². The van der Waals surface area contributed by atoms with Crippen molar-refractivity contribution >= 4 is 11.3 Å². The fraction of sp³-hybridized carbons (Fsp3) is 0.733. The first-order chi connectivity index (χ1) is 7.55. The predicted octanol–water partition coefficient (Wildman–Crippen LogP) is 5.56. The molecule has 0 aliphatic rings. The first-order valence-electron chi connectivity index (χ1n) is 6.61. The second-order valence-corrected chi connectivity index (χ2v) is 6.47. The van der Waals surface area contributed by atoms with Crippen LogP contribution in [0.25, 0.3) is 0 Å². The Kier molecular flexibility index (Phi) is 5.54. The fourth-order valence-corrected chi connectivity index (χ4v) is 3.21. The zero-order chi connectivity index (χ0) is 12.0. The third kappa shape index (κ3) is 4.29. The van der Waals surface area contributed by atoms with Gasteiger partial charge in [-0.2, -0.15) is 11.3 Å². The van der Waals surface area contributed by atoms with E-state index in [9.17, 15) is 0 Å². The van der Waals surface area contributed by atoms with Gasteiger partial charge >= 0.3 is 0 Å². The summed E-state index contributed by atoms with van der Waals surface area (Å²) in [5, 5.41) is 4.68. The van der Waals surface area contributed by atoms with Crippen molar-refractivity contribution in [3.63, 3.8) is 0 Å². The molecule has 0 aliphatic heterocycles. The summed E-state index contributed by atoms with van der Waals surface area (Å²) in [6, 6.07) is 0. The van der Waals surface area contributed by atoms with Crippen LogP contribution in [-0.2, 0) is 11.8 Å². The Bertz CT molecular complexity index is 291. The summed E-state index contributed by atoms with van der Waals surface area (Å²) in [5.41, 5.74) is 3.47. The summed E-state index contributed by atoms with van der Waals surface area (Å²) in [6.07, 6.45) is 8.18. The number of hydrogen-bond donors (Lipinski definition) is 0. The van der Waals surface area contributed by atoms with Gasteiger partial charge in [0.2, 0.25) is 0 Å². The monoisotopic (exact) mass is 238 g/mol. The van der Waals surface area contributed by atoms with E-state index in [0.717, 1.165) is 0 Å². The molecule has 16 heavy (non-hydrogen) atoms. The highest BCUT2D eigenvalue weighted by Gasteiger charge is 2.18. The molecule has 0 unspecified atom stereocenters. The average Bonchev–Trinajstić information content (AvgIpc) is 2.65. The lowest BCUT2D eigenvalue weighted by Crippen LogP contribution is -2.12. The van der Waals surface area contributed by atoms with E-state index in [0.29, 0.717) is 5.41 Å². The third-order valence-electron chi connectivity index (χ3n) is 3.10. The Morgan fingerprint density at radius 3 is 2.31 bits per heavy atom.